The molecule has 94 valence electrons. The van der Waals surface area contributed by atoms with E-state index in [-0.39, 0.29) is 10.8 Å². The van der Waals surface area contributed by atoms with Gasteiger partial charge in [0.1, 0.15) is 0 Å². The summed E-state index contributed by atoms with van der Waals surface area (Å²) in [6.45, 7) is 2.47. The number of benzene rings is 1. The Hall–Kier alpha value is -1.40. The van der Waals surface area contributed by atoms with Crippen molar-refractivity contribution in [1.82, 2.24) is 5.32 Å². The number of carbonyl (C=O) groups is 1. The Morgan fingerprint density at radius 3 is 2.35 bits per heavy atom. The average Bonchev–Trinajstić information content (AvgIpc) is 2.26. The third-order valence-corrected chi connectivity index (χ3v) is 3.20. The van der Waals surface area contributed by atoms with Gasteiger partial charge in [-0.3, -0.25) is 4.79 Å². The van der Waals surface area contributed by atoms with Gasteiger partial charge in [-0.05, 0) is 31.0 Å². The molecule has 0 fully saturated rings. The maximum atomic E-state index is 11.2. The zero-order valence-corrected chi connectivity index (χ0v) is 10.5. The fraction of sp³-hybridized carbons (Fsp3) is 0.364. The fourth-order valence-corrected chi connectivity index (χ4v) is 1.90. The lowest BCUT2D eigenvalue weighted by Crippen LogP contribution is -2.22. The van der Waals surface area contributed by atoms with E-state index in [9.17, 15) is 13.2 Å². The van der Waals surface area contributed by atoms with Crippen molar-refractivity contribution in [3.8, 4) is 0 Å². The number of amides is 1. The van der Waals surface area contributed by atoms with E-state index in [4.69, 9.17) is 5.14 Å². The molecule has 1 aromatic rings. The molecule has 1 amide bonds. The summed E-state index contributed by atoms with van der Waals surface area (Å²) in [5.41, 5.74) is 0.906. The molecule has 3 N–H and O–H groups in total. The van der Waals surface area contributed by atoms with Crippen LogP contribution in [0.4, 0.5) is 0 Å². The molecule has 0 radical (unpaired) electrons. The van der Waals surface area contributed by atoms with Gasteiger partial charge in [0.15, 0.2) is 0 Å². The van der Waals surface area contributed by atoms with E-state index in [1.54, 1.807) is 12.1 Å². The average molecular weight is 256 g/mol. The molecule has 0 aliphatic rings. The van der Waals surface area contributed by atoms with Gasteiger partial charge < -0.3 is 5.32 Å². The highest BCUT2D eigenvalue weighted by molar-refractivity contribution is 7.89. The lowest BCUT2D eigenvalue weighted by atomic mass is 10.1. The topological polar surface area (TPSA) is 89.3 Å². The fourth-order valence-electron chi connectivity index (χ4n) is 1.39. The van der Waals surface area contributed by atoms with Crippen LogP contribution in [-0.2, 0) is 21.2 Å². The summed E-state index contributed by atoms with van der Waals surface area (Å²) < 4.78 is 22.0. The number of sulfonamides is 1. The summed E-state index contributed by atoms with van der Waals surface area (Å²) in [7, 11) is -3.64. The van der Waals surface area contributed by atoms with Gasteiger partial charge in [0, 0.05) is 13.0 Å². The molecule has 0 unspecified atom stereocenters. The van der Waals surface area contributed by atoms with Crippen molar-refractivity contribution in [1.29, 1.82) is 0 Å². The highest BCUT2D eigenvalue weighted by Crippen LogP contribution is 2.10. The van der Waals surface area contributed by atoms with E-state index < -0.39 is 10.0 Å². The van der Waals surface area contributed by atoms with Crippen LogP contribution in [0.3, 0.4) is 0 Å². The first-order valence-corrected chi connectivity index (χ1v) is 6.86. The zero-order valence-electron chi connectivity index (χ0n) is 9.64. The molecule has 0 aliphatic heterocycles. The molecule has 0 spiro atoms. The number of rotatable bonds is 5. The maximum absolute atomic E-state index is 11.2. The van der Waals surface area contributed by atoms with Crippen LogP contribution in [0, 0.1) is 0 Å². The van der Waals surface area contributed by atoms with Crippen LogP contribution in [0.1, 0.15) is 18.9 Å². The summed E-state index contributed by atoms with van der Waals surface area (Å²) in [4.78, 5) is 11.3. The predicted octanol–water partition coefficient (Wildman–Crippen LogP) is 0.403. The van der Waals surface area contributed by atoms with Gasteiger partial charge in [-0.25, -0.2) is 13.6 Å². The van der Waals surface area contributed by atoms with Gasteiger partial charge >= 0.3 is 0 Å². The smallest absolute Gasteiger partial charge is 0.238 e. The molecular weight excluding hydrogens is 240 g/mol. The van der Waals surface area contributed by atoms with Crippen molar-refractivity contribution in [2.45, 2.75) is 24.7 Å². The van der Waals surface area contributed by atoms with Gasteiger partial charge in [-0.15, -0.1) is 0 Å². The minimum Gasteiger partial charge on any atom is -0.356 e. The van der Waals surface area contributed by atoms with Gasteiger partial charge in [-0.2, -0.15) is 0 Å². The van der Waals surface area contributed by atoms with Crippen LogP contribution in [-0.4, -0.2) is 20.9 Å². The molecule has 0 atom stereocenters. The molecule has 5 nitrogen and oxygen atoms in total. The Morgan fingerprint density at radius 2 is 1.88 bits per heavy atom. The first-order valence-electron chi connectivity index (χ1n) is 5.32. The van der Waals surface area contributed by atoms with Crippen LogP contribution < -0.4 is 10.5 Å². The first-order chi connectivity index (χ1) is 7.93. The molecule has 6 heteroatoms. The molecule has 0 bridgehead atoms. The van der Waals surface area contributed by atoms with E-state index in [0.717, 1.165) is 5.56 Å². The summed E-state index contributed by atoms with van der Waals surface area (Å²) in [6, 6.07) is 6.22. The Bertz CT molecular complexity index is 480. The molecule has 0 saturated carbocycles. The Labute approximate surface area is 101 Å². The Morgan fingerprint density at radius 1 is 1.29 bits per heavy atom. The number of aryl methyl sites for hydroxylation is 1. The van der Waals surface area contributed by atoms with Crippen molar-refractivity contribution in [3.05, 3.63) is 29.8 Å². The highest BCUT2D eigenvalue weighted by atomic mass is 32.2. The summed E-state index contributed by atoms with van der Waals surface area (Å²) in [5, 5.41) is 7.67. The lowest BCUT2D eigenvalue weighted by Gasteiger charge is -2.03. The summed E-state index contributed by atoms with van der Waals surface area (Å²) in [5.74, 6) is -0.0111. The number of nitrogens with two attached hydrogens (primary N) is 1. The normalized spacial score (nSPS) is 11.2. The number of hydrogen-bond donors (Lipinski definition) is 2. The van der Waals surface area contributed by atoms with Crippen molar-refractivity contribution >= 4 is 15.9 Å². The lowest BCUT2D eigenvalue weighted by molar-refractivity contribution is -0.120. The van der Waals surface area contributed by atoms with E-state index in [0.29, 0.717) is 19.4 Å². The summed E-state index contributed by atoms with van der Waals surface area (Å²) in [6.07, 6.45) is 0.972. The van der Waals surface area contributed by atoms with Crippen molar-refractivity contribution in [3.63, 3.8) is 0 Å². The minimum absolute atomic E-state index is 0.0111. The van der Waals surface area contributed by atoms with Gasteiger partial charge in [0.05, 0.1) is 4.90 Å². The standard InChI is InChI=1S/C11H16N2O3S/c1-2-13-11(14)8-5-9-3-6-10(7-4-9)17(12,15)16/h3-4,6-7H,2,5,8H2,1H3,(H,13,14)(H2,12,15,16). The quantitative estimate of drug-likeness (QED) is 0.799. The van der Waals surface area contributed by atoms with Crippen LogP contribution in [0.25, 0.3) is 0 Å². The van der Waals surface area contributed by atoms with Gasteiger partial charge in [-0.1, -0.05) is 12.1 Å². The van der Waals surface area contributed by atoms with E-state index in [1.165, 1.54) is 12.1 Å². The predicted molar refractivity (Wildman–Crippen MR) is 64.8 cm³/mol. The van der Waals surface area contributed by atoms with E-state index >= 15 is 0 Å². The maximum Gasteiger partial charge on any atom is 0.238 e. The largest absolute Gasteiger partial charge is 0.356 e. The second-order valence-corrected chi connectivity index (χ2v) is 5.20. The monoisotopic (exact) mass is 256 g/mol. The van der Waals surface area contributed by atoms with Gasteiger partial charge in [0.25, 0.3) is 0 Å². The molecular formula is C11H16N2O3S. The molecule has 0 aliphatic carbocycles. The van der Waals surface area contributed by atoms with Crippen LogP contribution in [0.2, 0.25) is 0 Å². The van der Waals surface area contributed by atoms with Crippen molar-refractivity contribution in [2.24, 2.45) is 5.14 Å². The van der Waals surface area contributed by atoms with Crippen molar-refractivity contribution in [2.75, 3.05) is 6.54 Å². The molecule has 0 heterocycles. The third-order valence-electron chi connectivity index (χ3n) is 2.27. The van der Waals surface area contributed by atoms with E-state index in [1.807, 2.05) is 6.92 Å². The number of nitrogens with one attached hydrogen (secondary N) is 1. The van der Waals surface area contributed by atoms with Crippen molar-refractivity contribution < 1.29 is 13.2 Å². The van der Waals surface area contributed by atoms with Crippen LogP contribution in [0.5, 0.6) is 0 Å². The number of carbonyl (C=O) groups excluding carboxylic acids is 1. The van der Waals surface area contributed by atoms with Gasteiger partial charge in [0.2, 0.25) is 15.9 Å². The van der Waals surface area contributed by atoms with Crippen LogP contribution >= 0.6 is 0 Å². The molecule has 0 aromatic heterocycles. The second-order valence-electron chi connectivity index (χ2n) is 3.64. The molecule has 0 saturated heterocycles. The molecule has 17 heavy (non-hydrogen) atoms. The Balaban J connectivity index is 2.60. The van der Waals surface area contributed by atoms with Crippen LogP contribution in [0.15, 0.2) is 29.2 Å². The zero-order chi connectivity index (χ0) is 12.9. The highest BCUT2D eigenvalue weighted by Gasteiger charge is 2.07. The summed E-state index contributed by atoms with van der Waals surface area (Å²) >= 11 is 0. The molecule has 1 aromatic carbocycles. The second kappa shape index (κ2) is 5.79. The van der Waals surface area contributed by atoms with E-state index in [2.05, 4.69) is 5.32 Å². The molecule has 1 rings (SSSR count). The Kier molecular flexibility index (Phi) is 4.65. The number of hydrogen-bond acceptors (Lipinski definition) is 3. The minimum atomic E-state index is -3.64. The third kappa shape index (κ3) is 4.54. The number of primary sulfonamides is 1. The first kappa shape index (κ1) is 13.7. The SMILES string of the molecule is CCNC(=O)CCc1ccc(S(N)(=O)=O)cc1.